The van der Waals surface area contributed by atoms with Crippen molar-refractivity contribution in [3.63, 3.8) is 0 Å². The van der Waals surface area contributed by atoms with Gasteiger partial charge in [-0.1, -0.05) is 47.5 Å². The van der Waals surface area contributed by atoms with Crippen LogP contribution in [-0.2, 0) is 15.1 Å². The molecule has 11 heteroatoms. The molecule has 0 aromatic heterocycles. The number of likely N-dealkylation sites (tertiary alicyclic amines) is 1. The summed E-state index contributed by atoms with van der Waals surface area (Å²) in [5.41, 5.74) is 1.11. The molecule has 0 aliphatic carbocycles. The van der Waals surface area contributed by atoms with Crippen molar-refractivity contribution in [1.29, 1.82) is 0 Å². The third-order valence-corrected chi connectivity index (χ3v) is 9.08. The molecule has 0 bridgehead atoms. The topological polar surface area (TPSA) is 89.6 Å². The predicted molar refractivity (Wildman–Crippen MR) is 170 cm³/mol. The van der Waals surface area contributed by atoms with Gasteiger partial charge in [0, 0.05) is 24.3 Å². The number of rotatable bonds is 10. The van der Waals surface area contributed by atoms with Crippen molar-refractivity contribution in [2.45, 2.75) is 30.9 Å². The number of carbonyl (C=O) groups is 2. The van der Waals surface area contributed by atoms with Gasteiger partial charge in [-0.15, -0.1) is 0 Å². The van der Waals surface area contributed by atoms with Gasteiger partial charge in [-0.3, -0.25) is 14.5 Å². The predicted octanol–water partition coefficient (Wildman–Crippen LogP) is 5.88. The Hall–Kier alpha value is -3.50. The van der Waals surface area contributed by atoms with Crippen molar-refractivity contribution in [1.82, 2.24) is 9.80 Å². The molecule has 2 amide bonds. The number of hydrogen-bond donors (Lipinski definition) is 1. The molecular weight excluding hydrogens is 605 g/mol. The normalized spacial score (nSPS) is 20.3. The average molecular weight is 643 g/mol. The van der Waals surface area contributed by atoms with Crippen molar-refractivity contribution < 1.29 is 28.5 Å². The zero-order chi connectivity index (χ0) is 31.3. The molecule has 2 fully saturated rings. The van der Waals surface area contributed by atoms with Gasteiger partial charge in [-0.2, -0.15) is 0 Å². The molecule has 2 saturated heterocycles. The summed E-state index contributed by atoms with van der Waals surface area (Å²) >= 11 is 12.8. The second kappa shape index (κ2) is 14.1. The summed E-state index contributed by atoms with van der Waals surface area (Å²) in [5.74, 6) is 0.982. The van der Waals surface area contributed by atoms with Crippen LogP contribution in [0.15, 0.2) is 60.7 Å². The van der Waals surface area contributed by atoms with Crippen LogP contribution in [0.5, 0.6) is 17.2 Å². The monoisotopic (exact) mass is 641 g/mol. The molecule has 1 N–H and O–H groups in total. The lowest BCUT2D eigenvalue weighted by atomic mass is 9.87. The standard InChI is InChI=1S/C33H37Cl2N3O6/c1-41-28-18-22(19-29(42-2)30(28)43-3)32(40)38-16-17-44-33(21-38,23-11-12-25(34)26(35)20-23)13-15-37-14-7-10-27(37)31(39)36-24-8-5-4-6-9-24/h4-6,8-9,11-12,18-20,27H,7,10,13-17,21H2,1-3H3,(H,36,39)/t27-,33?/m0/s1. The average Bonchev–Trinajstić information content (AvgIpc) is 3.53. The molecule has 2 aliphatic rings. The largest absolute Gasteiger partial charge is 0.493 e. The van der Waals surface area contributed by atoms with E-state index in [1.165, 1.54) is 21.3 Å². The lowest BCUT2D eigenvalue weighted by Crippen LogP contribution is -2.53. The number of para-hydroxylation sites is 1. The van der Waals surface area contributed by atoms with Crippen LogP contribution in [0, 0.1) is 0 Å². The highest BCUT2D eigenvalue weighted by molar-refractivity contribution is 6.42. The Bertz CT molecular complexity index is 1460. The van der Waals surface area contributed by atoms with Crippen LogP contribution < -0.4 is 19.5 Å². The summed E-state index contributed by atoms with van der Waals surface area (Å²) in [6.07, 6.45) is 2.21. The maximum absolute atomic E-state index is 14.0. The Morgan fingerprint density at radius 2 is 1.68 bits per heavy atom. The number of benzene rings is 3. The summed E-state index contributed by atoms with van der Waals surface area (Å²) in [4.78, 5) is 31.2. The number of nitrogens with one attached hydrogen (secondary N) is 1. The molecule has 234 valence electrons. The summed E-state index contributed by atoms with van der Waals surface area (Å²) in [6.45, 7) is 2.35. The van der Waals surface area contributed by atoms with E-state index in [9.17, 15) is 9.59 Å². The van der Waals surface area contributed by atoms with Crippen LogP contribution in [-0.4, -0.2) is 81.8 Å². The van der Waals surface area contributed by atoms with E-state index in [0.717, 1.165) is 30.6 Å². The second-order valence-electron chi connectivity index (χ2n) is 10.9. The first-order valence-electron chi connectivity index (χ1n) is 14.6. The Labute approximate surface area is 267 Å². The molecular formula is C33H37Cl2N3O6. The maximum Gasteiger partial charge on any atom is 0.254 e. The van der Waals surface area contributed by atoms with E-state index in [1.54, 1.807) is 29.2 Å². The molecule has 9 nitrogen and oxygen atoms in total. The van der Waals surface area contributed by atoms with Gasteiger partial charge in [0.15, 0.2) is 11.5 Å². The van der Waals surface area contributed by atoms with E-state index in [4.69, 9.17) is 42.1 Å². The molecule has 0 spiro atoms. The van der Waals surface area contributed by atoms with Gasteiger partial charge < -0.3 is 29.2 Å². The number of nitrogens with zero attached hydrogens (tertiary/aromatic N) is 2. The Balaban J connectivity index is 1.40. The molecule has 2 heterocycles. The lowest BCUT2D eigenvalue weighted by molar-refractivity contribution is -0.123. The van der Waals surface area contributed by atoms with E-state index in [0.29, 0.717) is 59.0 Å². The summed E-state index contributed by atoms with van der Waals surface area (Å²) in [7, 11) is 4.55. The first-order chi connectivity index (χ1) is 21.3. The highest BCUT2D eigenvalue weighted by Gasteiger charge is 2.42. The molecule has 0 radical (unpaired) electrons. The smallest absolute Gasteiger partial charge is 0.254 e. The molecule has 2 atom stereocenters. The molecule has 1 unspecified atom stereocenters. The first-order valence-corrected chi connectivity index (χ1v) is 15.3. The Kier molecular flexibility index (Phi) is 10.2. The SMILES string of the molecule is COc1cc(C(=O)N2CCOC(CCN3CCC[C@H]3C(=O)Nc3ccccc3)(c3ccc(Cl)c(Cl)c3)C2)cc(OC)c1OC. The molecule has 0 saturated carbocycles. The number of ether oxygens (including phenoxy) is 4. The van der Waals surface area contributed by atoms with Gasteiger partial charge in [0.1, 0.15) is 5.60 Å². The van der Waals surface area contributed by atoms with E-state index in [2.05, 4.69) is 10.2 Å². The van der Waals surface area contributed by atoms with Gasteiger partial charge in [-0.25, -0.2) is 0 Å². The number of morpholine rings is 1. The number of amides is 2. The van der Waals surface area contributed by atoms with Crippen molar-refractivity contribution in [2.24, 2.45) is 0 Å². The third kappa shape index (κ3) is 6.76. The van der Waals surface area contributed by atoms with Crippen molar-refractivity contribution in [2.75, 3.05) is 59.4 Å². The minimum Gasteiger partial charge on any atom is -0.493 e. The zero-order valence-electron chi connectivity index (χ0n) is 25.1. The minimum atomic E-state index is -0.883. The van der Waals surface area contributed by atoms with Gasteiger partial charge in [0.25, 0.3) is 5.91 Å². The number of methoxy groups -OCH3 is 3. The van der Waals surface area contributed by atoms with Crippen LogP contribution in [0.25, 0.3) is 0 Å². The highest BCUT2D eigenvalue weighted by Crippen LogP contribution is 2.41. The van der Waals surface area contributed by atoms with Crippen molar-refractivity contribution in [3.8, 4) is 17.2 Å². The number of carbonyl (C=O) groups excluding carboxylic acids is 2. The fourth-order valence-electron chi connectivity index (χ4n) is 6.06. The van der Waals surface area contributed by atoms with Crippen LogP contribution in [0.4, 0.5) is 5.69 Å². The van der Waals surface area contributed by atoms with Crippen LogP contribution in [0.3, 0.4) is 0 Å². The van der Waals surface area contributed by atoms with E-state index >= 15 is 0 Å². The fraction of sp³-hybridized carbons (Fsp3) is 0.394. The Morgan fingerprint density at radius 1 is 0.955 bits per heavy atom. The van der Waals surface area contributed by atoms with Crippen molar-refractivity contribution in [3.05, 3.63) is 81.8 Å². The van der Waals surface area contributed by atoms with Gasteiger partial charge in [-0.05, 0) is 67.8 Å². The second-order valence-corrected chi connectivity index (χ2v) is 11.7. The number of anilines is 1. The van der Waals surface area contributed by atoms with Crippen LogP contribution in [0.1, 0.15) is 35.2 Å². The number of hydrogen-bond acceptors (Lipinski definition) is 7. The fourth-order valence-corrected chi connectivity index (χ4v) is 6.35. The Morgan fingerprint density at radius 3 is 2.34 bits per heavy atom. The van der Waals surface area contributed by atoms with Crippen molar-refractivity contribution >= 4 is 40.7 Å². The van der Waals surface area contributed by atoms with Crippen LogP contribution >= 0.6 is 23.2 Å². The summed E-state index contributed by atoms with van der Waals surface area (Å²) < 4.78 is 23.0. The molecule has 2 aliphatic heterocycles. The van der Waals surface area contributed by atoms with Gasteiger partial charge >= 0.3 is 0 Å². The lowest BCUT2D eigenvalue weighted by Gasteiger charge is -2.44. The quantitative estimate of drug-likeness (QED) is 0.296. The third-order valence-electron chi connectivity index (χ3n) is 8.34. The molecule has 5 rings (SSSR count). The molecule has 44 heavy (non-hydrogen) atoms. The molecule has 3 aromatic rings. The van der Waals surface area contributed by atoms with Gasteiger partial charge in [0.05, 0.1) is 50.6 Å². The number of halogens is 2. The first kappa shape index (κ1) is 31.9. The highest BCUT2D eigenvalue weighted by atomic mass is 35.5. The van der Waals surface area contributed by atoms with E-state index < -0.39 is 5.60 Å². The van der Waals surface area contributed by atoms with Crippen LogP contribution in [0.2, 0.25) is 10.0 Å². The minimum absolute atomic E-state index is 0.0268. The molecule has 3 aromatic carbocycles. The van der Waals surface area contributed by atoms with E-state index in [-0.39, 0.29) is 24.4 Å². The van der Waals surface area contributed by atoms with Gasteiger partial charge in [0.2, 0.25) is 11.7 Å². The zero-order valence-corrected chi connectivity index (χ0v) is 26.6. The summed E-state index contributed by atoms with van der Waals surface area (Å²) in [6, 6.07) is 18.0. The summed E-state index contributed by atoms with van der Waals surface area (Å²) in [5, 5.41) is 3.89. The maximum atomic E-state index is 14.0. The van der Waals surface area contributed by atoms with E-state index in [1.807, 2.05) is 36.4 Å².